The molecule has 1 aromatic heterocycles. The molecule has 1 aliphatic heterocycles. The highest BCUT2D eigenvalue weighted by Crippen LogP contribution is 2.37. The molecule has 2 rings (SSSR count). The number of aromatic nitrogens is 2. The minimum Gasteiger partial charge on any atom is -0.385 e. The lowest BCUT2D eigenvalue weighted by Crippen LogP contribution is -2.39. The van der Waals surface area contributed by atoms with Crippen LogP contribution in [0.5, 0.6) is 0 Å². The third kappa shape index (κ3) is 2.06. The van der Waals surface area contributed by atoms with E-state index < -0.39 is 42.0 Å². The molecule has 102 valence electrons. The topological polar surface area (TPSA) is 115 Å². The number of rotatable bonds is 2. The van der Waals surface area contributed by atoms with Crippen molar-refractivity contribution in [1.29, 1.82) is 0 Å². The zero-order valence-corrected chi connectivity index (χ0v) is 9.65. The van der Waals surface area contributed by atoms with Gasteiger partial charge in [0.05, 0.1) is 6.20 Å². The van der Waals surface area contributed by atoms with Gasteiger partial charge in [-0.25, -0.2) is 15.8 Å². The van der Waals surface area contributed by atoms with E-state index in [4.69, 9.17) is 22.1 Å². The lowest BCUT2D eigenvalue weighted by Gasteiger charge is -2.17. The second-order valence-electron chi connectivity index (χ2n) is 4.10. The number of ether oxygens (including phenoxy) is 1. The fourth-order valence-corrected chi connectivity index (χ4v) is 1.85. The van der Waals surface area contributed by atoms with Crippen LogP contribution >= 0.6 is 0 Å². The SMILES string of the molecule is [C-]#[N+][C@]1(CO)O[C@@H](n2cc(F)c(N)nc2=O)C[C@@H]1O. The van der Waals surface area contributed by atoms with Gasteiger partial charge in [-0.05, 0) is 0 Å². The molecule has 0 radical (unpaired) electrons. The number of hydrogen-bond acceptors (Lipinski definition) is 6. The molecule has 0 aromatic carbocycles. The van der Waals surface area contributed by atoms with Gasteiger partial charge in [0.15, 0.2) is 24.3 Å². The van der Waals surface area contributed by atoms with Crippen LogP contribution < -0.4 is 11.4 Å². The summed E-state index contributed by atoms with van der Waals surface area (Å²) in [5, 5.41) is 18.9. The van der Waals surface area contributed by atoms with E-state index in [2.05, 4.69) is 9.83 Å². The van der Waals surface area contributed by atoms with Gasteiger partial charge in [0.1, 0.15) is 6.23 Å². The lowest BCUT2D eigenvalue weighted by atomic mass is 10.1. The van der Waals surface area contributed by atoms with Crippen molar-refractivity contribution in [3.8, 4) is 0 Å². The van der Waals surface area contributed by atoms with Crippen molar-refractivity contribution in [3.05, 3.63) is 33.9 Å². The Morgan fingerprint density at radius 2 is 2.47 bits per heavy atom. The Balaban J connectivity index is 2.39. The Morgan fingerprint density at radius 1 is 1.79 bits per heavy atom. The summed E-state index contributed by atoms with van der Waals surface area (Å²) >= 11 is 0. The molecule has 1 fully saturated rings. The van der Waals surface area contributed by atoms with Crippen LogP contribution in [-0.4, -0.2) is 38.2 Å². The van der Waals surface area contributed by atoms with Gasteiger partial charge in [-0.2, -0.15) is 4.98 Å². The van der Waals surface area contributed by atoms with E-state index in [1.807, 2.05) is 0 Å². The number of hydrogen-bond donors (Lipinski definition) is 3. The largest absolute Gasteiger partial charge is 0.387 e. The molecule has 19 heavy (non-hydrogen) atoms. The number of aliphatic hydroxyl groups excluding tert-OH is 2. The molecule has 1 saturated heterocycles. The van der Waals surface area contributed by atoms with E-state index in [0.717, 1.165) is 10.8 Å². The van der Waals surface area contributed by atoms with Gasteiger partial charge >= 0.3 is 11.4 Å². The summed E-state index contributed by atoms with van der Waals surface area (Å²) in [6.07, 6.45) is -1.74. The smallest absolute Gasteiger partial charge is 0.385 e. The molecule has 0 amide bonds. The van der Waals surface area contributed by atoms with E-state index in [0.29, 0.717) is 0 Å². The number of aliphatic hydroxyl groups is 2. The van der Waals surface area contributed by atoms with Crippen LogP contribution in [0.25, 0.3) is 4.85 Å². The standard InChI is InChI=1S/C10H11FN4O4/c1-13-10(4-16)6(17)2-7(19-10)15-3-5(11)8(12)14-9(15)18/h3,6-7,16-17H,2,4H2,(H2,12,14,18)/t6-,7+,10+/m0/s1. The third-order valence-corrected chi connectivity index (χ3v) is 2.95. The van der Waals surface area contributed by atoms with E-state index >= 15 is 0 Å². The van der Waals surface area contributed by atoms with Crippen molar-refractivity contribution in [1.82, 2.24) is 9.55 Å². The molecule has 9 heteroatoms. The van der Waals surface area contributed by atoms with Gasteiger partial charge in [-0.15, -0.1) is 0 Å². The van der Waals surface area contributed by atoms with Crippen LogP contribution in [-0.2, 0) is 4.74 Å². The maximum atomic E-state index is 13.3. The fourth-order valence-electron chi connectivity index (χ4n) is 1.85. The highest BCUT2D eigenvalue weighted by molar-refractivity contribution is 5.26. The van der Waals surface area contributed by atoms with Gasteiger partial charge < -0.3 is 15.9 Å². The monoisotopic (exact) mass is 270 g/mol. The van der Waals surface area contributed by atoms with Crippen molar-refractivity contribution in [2.24, 2.45) is 0 Å². The Kier molecular flexibility index (Phi) is 3.23. The molecule has 0 bridgehead atoms. The second-order valence-corrected chi connectivity index (χ2v) is 4.10. The molecule has 4 N–H and O–H groups in total. The first-order valence-corrected chi connectivity index (χ1v) is 5.33. The second kappa shape index (κ2) is 4.58. The normalized spacial score (nSPS) is 30.2. The molecule has 2 heterocycles. The predicted octanol–water partition coefficient (Wildman–Crippen LogP) is -1.15. The number of nitrogen functional groups attached to an aromatic ring is 1. The Bertz CT molecular complexity index is 598. The van der Waals surface area contributed by atoms with E-state index in [9.17, 15) is 14.3 Å². The Labute approximate surface area is 106 Å². The average Bonchev–Trinajstić information content (AvgIpc) is 2.71. The van der Waals surface area contributed by atoms with Crippen LogP contribution in [0.2, 0.25) is 0 Å². The van der Waals surface area contributed by atoms with Crippen LogP contribution in [0.3, 0.4) is 0 Å². The van der Waals surface area contributed by atoms with Gasteiger partial charge in [-0.1, -0.05) is 0 Å². The summed E-state index contributed by atoms with van der Waals surface area (Å²) in [5.41, 5.74) is 2.43. The molecule has 0 spiro atoms. The summed E-state index contributed by atoms with van der Waals surface area (Å²) in [4.78, 5) is 17.9. The molecule has 0 aliphatic carbocycles. The van der Waals surface area contributed by atoms with E-state index in [1.165, 1.54) is 0 Å². The van der Waals surface area contributed by atoms with Gasteiger partial charge in [0.2, 0.25) is 0 Å². The molecular weight excluding hydrogens is 259 g/mol. The van der Waals surface area contributed by atoms with Crippen LogP contribution in [0.4, 0.5) is 10.2 Å². The first-order valence-electron chi connectivity index (χ1n) is 5.33. The predicted molar refractivity (Wildman–Crippen MR) is 60.0 cm³/mol. The maximum absolute atomic E-state index is 13.3. The van der Waals surface area contributed by atoms with Gasteiger partial charge in [0, 0.05) is 6.42 Å². The van der Waals surface area contributed by atoms with E-state index in [1.54, 1.807) is 0 Å². The quantitative estimate of drug-likeness (QED) is 0.585. The van der Waals surface area contributed by atoms with Crippen molar-refractivity contribution in [2.75, 3.05) is 12.3 Å². The Hall–Kier alpha value is -2.02. The van der Waals surface area contributed by atoms with Crippen LogP contribution in [0.15, 0.2) is 11.0 Å². The zero-order valence-electron chi connectivity index (χ0n) is 9.65. The van der Waals surface area contributed by atoms with Crippen molar-refractivity contribution in [2.45, 2.75) is 24.5 Å². The van der Waals surface area contributed by atoms with Crippen LogP contribution in [0.1, 0.15) is 12.6 Å². The van der Waals surface area contributed by atoms with E-state index in [-0.39, 0.29) is 6.42 Å². The van der Waals surface area contributed by atoms with Crippen molar-refractivity contribution >= 4 is 5.82 Å². The molecule has 0 saturated carbocycles. The third-order valence-electron chi connectivity index (χ3n) is 2.95. The summed E-state index contributed by atoms with van der Waals surface area (Å²) < 4.78 is 19.3. The summed E-state index contributed by atoms with van der Waals surface area (Å²) in [6, 6.07) is 0. The molecule has 3 atom stereocenters. The lowest BCUT2D eigenvalue weighted by molar-refractivity contribution is -0.0994. The number of anilines is 1. The highest BCUT2D eigenvalue weighted by Gasteiger charge is 2.55. The molecule has 1 aliphatic rings. The maximum Gasteiger partial charge on any atom is 0.387 e. The van der Waals surface area contributed by atoms with Gasteiger partial charge in [0.25, 0.3) is 0 Å². The number of nitrogens with two attached hydrogens (primary N) is 1. The summed E-state index contributed by atoms with van der Waals surface area (Å²) in [6.45, 7) is 6.20. The van der Waals surface area contributed by atoms with Crippen molar-refractivity contribution in [3.63, 3.8) is 0 Å². The first kappa shape index (κ1) is 13.4. The zero-order chi connectivity index (χ0) is 14.2. The average molecular weight is 270 g/mol. The minimum atomic E-state index is -1.85. The number of nitrogens with zero attached hydrogens (tertiary/aromatic N) is 3. The minimum absolute atomic E-state index is 0.145. The molecule has 8 nitrogen and oxygen atoms in total. The van der Waals surface area contributed by atoms with Crippen molar-refractivity contribution < 1.29 is 19.3 Å². The molecule has 0 unspecified atom stereocenters. The first-order chi connectivity index (χ1) is 8.93. The fraction of sp³-hybridized carbons (Fsp3) is 0.500. The molecule has 1 aromatic rings. The highest BCUT2D eigenvalue weighted by atomic mass is 19.1. The number of halogens is 1. The summed E-state index contributed by atoms with van der Waals surface area (Å²) in [5.74, 6) is -1.46. The van der Waals surface area contributed by atoms with Crippen LogP contribution in [0, 0.1) is 12.4 Å². The Morgan fingerprint density at radius 3 is 3.00 bits per heavy atom. The molecular formula is C10H11FN4O4. The van der Waals surface area contributed by atoms with Gasteiger partial charge in [-0.3, -0.25) is 14.1 Å². The summed E-state index contributed by atoms with van der Waals surface area (Å²) in [7, 11) is 0.